The van der Waals surface area contributed by atoms with Crippen molar-refractivity contribution in [2.24, 2.45) is 0 Å². The highest BCUT2D eigenvalue weighted by Gasteiger charge is 2.33. The molecule has 126 valence electrons. The van der Waals surface area contributed by atoms with Crippen LogP contribution in [0, 0.1) is 24.0 Å². The third-order valence-electron chi connectivity index (χ3n) is 4.91. The molecule has 8 heteroatoms. The quantitative estimate of drug-likeness (QED) is 0.626. The highest BCUT2D eigenvalue weighted by molar-refractivity contribution is 5.76. The van der Waals surface area contributed by atoms with Gasteiger partial charge in [-0.15, -0.1) is 0 Å². The molecule has 0 saturated carbocycles. The molecule has 2 bridgehead atoms. The zero-order chi connectivity index (χ0) is 16.6. The number of rotatable bonds is 5. The molecule has 0 aliphatic carbocycles. The minimum atomic E-state index is -0.418. The first-order chi connectivity index (χ1) is 10.9. The van der Waals surface area contributed by atoms with Crippen LogP contribution < -0.4 is 10.6 Å². The molecular weight excluding hydrogens is 298 g/mol. The zero-order valence-electron chi connectivity index (χ0n) is 13.5. The lowest BCUT2D eigenvalue weighted by molar-refractivity contribution is -0.386. The van der Waals surface area contributed by atoms with Crippen molar-refractivity contribution in [3.05, 3.63) is 21.5 Å². The van der Waals surface area contributed by atoms with Gasteiger partial charge in [0, 0.05) is 24.5 Å². The standard InChI is InChI=1S/C15H23N5O3/c1-9-15(20(22)23)10(2)19(18-9)6-5-14(21)17-13-7-11-3-4-12(8-13)16-11/h11-13,16H,3-8H2,1-2H3,(H,17,21). The number of piperidine rings is 1. The molecule has 8 nitrogen and oxygen atoms in total. The molecule has 2 aliphatic heterocycles. The van der Waals surface area contributed by atoms with E-state index in [1.165, 1.54) is 12.8 Å². The van der Waals surface area contributed by atoms with Gasteiger partial charge < -0.3 is 10.6 Å². The van der Waals surface area contributed by atoms with Gasteiger partial charge in [-0.05, 0) is 39.5 Å². The van der Waals surface area contributed by atoms with Crippen molar-refractivity contribution in [1.29, 1.82) is 0 Å². The number of nitro groups is 1. The second-order valence-electron chi connectivity index (χ2n) is 6.62. The van der Waals surface area contributed by atoms with E-state index in [4.69, 9.17) is 0 Å². The summed E-state index contributed by atoms with van der Waals surface area (Å²) in [6.45, 7) is 3.65. The Morgan fingerprint density at radius 2 is 2.04 bits per heavy atom. The van der Waals surface area contributed by atoms with Gasteiger partial charge in [-0.2, -0.15) is 5.10 Å². The summed E-state index contributed by atoms with van der Waals surface area (Å²) in [7, 11) is 0. The number of nitrogens with zero attached hydrogens (tertiary/aromatic N) is 3. The number of carbonyl (C=O) groups is 1. The molecule has 1 aromatic rings. The van der Waals surface area contributed by atoms with Gasteiger partial charge in [0.15, 0.2) is 0 Å². The summed E-state index contributed by atoms with van der Waals surface area (Å²) in [5.41, 5.74) is 0.934. The molecule has 3 rings (SSSR count). The first kappa shape index (κ1) is 15.9. The molecule has 1 amide bonds. The Balaban J connectivity index is 1.53. The van der Waals surface area contributed by atoms with Crippen LogP contribution in [0.25, 0.3) is 0 Å². The third kappa shape index (κ3) is 3.36. The number of fused-ring (bicyclic) bond motifs is 2. The number of amides is 1. The minimum absolute atomic E-state index is 0.00786. The van der Waals surface area contributed by atoms with Crippen LogP contribution >= 0.6 is 0 Å². The number of carbonyl (C=O) groups excluding carboxylic acids is 1. The fourth-order valence-corrected chi connectivity index (χ4v) is 3.85. The van der Waals surface area contributed by atoms with Crippen LogP contribution in [0.1, 0.15) is 43.5 Å². The molecular formula is C15H23N5O3. The molecule has 3 heterocycles. The van der Waals surface area contributed by atoms with Crippen molar-refractivity contribution >= 4 is 11.6 Å². The molecule has 2 unspecified atom stereocenters. The van der Waals surface area contributed by atoms with E-state index < -0.39 is 4.92 Å². The van der Waals surface area contributed by atoms with Crippen molar-refractivity contribution in [3.63, 3.8) is 0 Å². The maximum absolute atomic E-state index is 12.1. The van der Waals surface area contributed by atoms with Crippen LogP contribution in [0.2, 0.25) is 0 Å². The largest absolute Gasteiger partial charge is 0.353 e. The van der Waals surface area contributed by atoms with Gasteiger partial charge in [-0.25, -0.2) is 0 Å². The minimum Gasteiger partial charge on any atom is -0.353 e. The number of nitrogens with one attached hydrogen (secondary N) is 2. The van der Waals surface area contributed by atoms with Gasteiger partial charge in [-0.3, -0.25) is 19.6 Å². The summed E-state index contributed by atoms with van der Waals surface area (Å²) in [6, 6.07) is 1.33. The van der Waals surface area contributed by atoms with Gasteiger partial charge in [0.1, 0.15) is 11.4 Å². The SMILES string of the molecule is Cc1nn(CCC(=O)NC2CC3CCC(C2)N3)c(C)c1[N+](=O)[O-]. The van der Waals surface area contributed by atoms with Gasteiger partial charge in [0.2, 0.25) is 5.91 Å². The normalized spacial score (nSPS) is 26.3. The second kappa shape index (κ2) is 6.27. The number of aryl methyl sites for hydroxylation is 2. The van der Waals surface area contributed by atoms with E-state index in [1.54, 1.807) is 18.5 Å². The van der Waals surface area contributed by atoms with Crippen molar-refractivity contribution < 1.29 is 9.72 Å². The third-order valence-corrected chi connectivity index (χ3v) is 4.91. The first-order valence-corrected chi connectivity index (χ1v) is 8.18. The molecule has 2 N–H and O–H groups in total. The van der Waals surface area contributed by atoms with E-state index in [1.807, 2.05) is 0 Å². The van der Waals surface area contributed by atoms with E-state index in [9.17, 15) is 14.9 Å². The summed E-state index contributed by atoms with van der Waals surface area (Å²) >= 11 is 0. The monoisotopic (exact) mass is 321 g/mol. The predicted octanol–water partition coefficient (Wildman–Crippen LogP) is 1.20. The van der Waals surface area contributed by atoms with Gasteiger partial charge in [0.05, 0.1) is 11.5 Å². The Hall–Kier alpha value is -1.96. The maximum atomic E-state index is 12.1. The highest BCUT2D eigenvalue weighted by atomic mass is 16.6. The summed E-state index contributed by atoms with van der Waals surface area (Å²) in [6.07, 6.45) is 4.68. The summed E-state index contributed by atoms with van der Waals surface area (Å²) in [4.78, 5) is 22.7. The van der Waals surface area contributed by atoms with Crippen LogP contribution in [0.3, 0.4) is 0 Å². The molecule has 2 aliphatic rings. The molecule has 0 spiro atoms. The Kier molecular flexibility index (Phi) is 4.34. The van der Waals surface area contributed by atoms with Gasteiger partial charge in [-0.1, -0.05) is 0 Å². The number of aromatic nitrogens is 2. The van der Waals surface area contributed by atoms with E-state index >= 15 is 0 Å². The lowest BCUT2D eigenvalue weighted by atomic mass is 10.00. The number of hydrogen-bond donors (Lipinski definition) is 2. The Bertz CT molecular complexity index is 615. The Labute approximate surface area is 134 Å². The summed E-state index contributed by atoms with van der Waals surface area (Å²) < 4.78 is 1.55. The van der Waals surface area contributed by atoms with Crippen LogP contribution in [0.15, 0.2) is 0 Å². The van der Waals surface area contributed by atoms with Crippen molar-refractivity contribution in [1.82, 2.24) is 20.4 Å². The Morgan fingerprint density at radius 3 is 2.61 bits per heavy atom. The number of hydrogen-bond acceptors (Lipinski definition) is 5. The molecule has 1 aromatic heterocycles. The molecule has 2 fully saturated rings. The topological polar surface area (TPSA) is 102 Å². The maximum Gasteiger partial charge on any atom is 0.312 e. The lowest BCUT2D eigenvalue weighted by Crippen LogP contribution is -2.48. The Morgan fingerprint density at radius 1 is 1.39 bits per heavy atom. The van der Waals surface area contributed by atoms with Gasteiger partial charge >= 0.3 is 5.69 Å². The van der Waals surface area contributed by atoms with Crippen molar-refractivity contribution in [3.8, 4) is 0 Å². The van der Waals surface area contributed by atoms with E-state index in [0.717, 1.165) is 12.8 Å². The molecule has 23 heavy (non-hydrogen) atoms. The van der Waals surface area contributed by atoms with Gasteiger partial charge in [0.25, 0.3) is 0 Å². The zero-order valence-corrected chi connectivity index (χ0v) is 13.5. The fourth-order valence-electron chi connectivity index (χ4n) is 3.85. The van der Waals surface area contributed by atoms with Crippen LogP contribution in [-0.2, 0) is 11.3 Å². The molecule has 0 radical (unpaired) electrons. The average Bonchev–Trinajstić information content (AvgIpc) is 2.96. The van der Waals surface area contributed by atoms with Crippen molar-refractivity contribution in [2.75, 3.05) is 0 Å². The predicted molar refractivity (Wildman–Crippen MR) is 84.1 cm³/mol. The van der Waals surface area contributed by atoms with Crippen LogP contribution in [-0.4, -0.2) is 38.7 Å². The van der Waals surface area contributed by atoms with Crippen molar-refractivity contribution in [2.45, 2.75) is 70.6 Å². The van der Waals surface area contributed by atoms with E-state index in [0.29, 0.717) is 36.4 Å². The fraction of sp³-hybridized carbons (Fsp3) is 0.733. The van der Waals surface area contributed by atoms with Crippen LogP contribution in [0.4, 0.5) is 5.69 Å². The van der Waals surface area contributed by atoms with Crippen LogP contribution in [0.5, 0.6) is 0 Å². The highest BCUT2D eigenvalue weighted by Crippen LogP contribution is 2.27. The second-order valence-corrected chi connectivity index (χ2v) is 6.62. The van der Waals surface area contributed by atoms with E-state index in [2.05, 4.69) is 15.7 Å². The molecule has 2 saturated heterocycles. The van der Waals surface area contributed by atoms with E-state index in [-0.39, 0.29) is 17.6 Å². The molecule has 2 atom stereocenters. The average molecular weight is 321 g/mol. The first-order valence-electron chi connectivity index (χ1n) is 8.18. The smallest absolute Gasteiger partial charge is 0.312 e. The molecule has 0 aromatic carbocycles. The lowest BCUT2D eigenvalue weighted by Gasteiger charge is -2.29. The summed E-state index contributed by atoms with van der Waals surface area (Å²) in [5.74, 6) is -0.00786. The summed E-state index contributed by atoms with van der Waals surface area (Å²) in [5, 5.41) is 21.8.